The summed E-state index contributed by atoms with van der Waals surface area (Å²) >= 11 is 9.46. The molecule has 0 saturated carbocycles. The van der Waals surface area contributed by atoms with E-state index in [1.54, 1.807) is 36.4 Å². The molecule has 0 aliphatic carbocycles. The lowest BCUT2D eigenvalue weighted by Gasteiger charge is -2.08. The Morgan fingerprint density at radius 3 is 2.41 bits per heavy atom. The van der Waals surface area contributed by atoms with Gasteiger partial charge < -0.3 is 10.1 Å². The summed E-state index contributed by atoms with van der Waals surface area (Å²) < 4.78 is 6.65. The number of hydrogen-bond acceptors (Lipinski definition) is 3. The van der Waals surface area contributed by atoms with E-state index in [2.05, 4.69) is 21.2 Å². The maximum absolute atomic E-state index is 12.3. The largest absolute Gasteiger partial charge is 0.489 e. The molecule has 29 heavy (non-hydrogen) atoms. The summed E-state index contributed by atoms with van der Waals surface area (Å²) in [7, 11) is 0. The molecule has 0 fully saturated rings. The van der Waals surface area contributed by atoms with Crippen molar-refractivity contribution in [1.29, 1.82) is 5.26 Å². The van der Waals surface area contributed by atoms with Crippen LogP contribution in [0.1, 0.15) is 11.1 Å². The lowest BCUT2D eigenvalue weighted by atomic mass is 10.1. The summed E-state index contributed by atoms with van der Waals surface area (Å²) in [4.78, 5) is 12.3. The minimum atomic E-state index is -0.464. The average molecular weight is 468 g/mol. The number of ether oxygens (including phenoxy) is 1. The van der Waals surface area contributed by atoms with Gasteiger partial charge in [0, 0.05) is 20.7 Å². The summed E-state index contributed by atoms with van der Waals surface area (Å²) in [6, 6.07) is 23.7. The molecule has 3 aromatic rings. The Kier molecular flexibility index (Phi) is 7.07. The molecule has 0 radical (unpaired) electrons. The zero-order valence-corrected chi connectivity index (χ0v) is 17.6. The number of hydrogen-bond donors (Lipinski definition) is 1. The van der Waals surface area contributed by atoms with Crippen molar-refractivity contribution in [2.45, 2.75) is 6.61 Å². The highest BCUT2D eigenvalue weighted by Crippen LogP contribution is 2.20. The van der Waals surface area contributed by atoms with Gasteiger partial charge in [-0.1, -0.05) is 57.9 Å². The summed E-state index contributed by atoms with van der Waals surface area (Å²) in [5.74, 6) is 0.203. The third-order valence-corrected chi connectivity index (χ3v) is 4.91. The van der Waals surface area contributed by atoms with Crippen molar-refractivity contribution in [1.82, 2.24) is 0 Å². The van der Waals surface area contributed by atoms with Gasteiger partial charge in [-0.3, -0.25) is 4.79 Å². The van der Waals surface area contributed by atoms with Crippen molar-refractivity contribution in [3.8, 4) is 11.8 Å². The second-order valence-corrected chi connectivity index (χ2v) is 7.40. The summed E-state index contributed by atoms with van der Waals surface area (Å²) in [5, 5.41) is 12.7. The lowest BCUT2D eigenvalue weighted by molar-refractivity contribution is -0.112. The van der Waals surface area contributed by atoms with Crippen LogP contribution in [0.25, 0.3) is 6.08 Å². The molecule has 0 aliphatic rings. The van der Waals surface area contributed by atoms with Crippen LogP contribution in [0.2, 0.25) is 5.02 Å². The van der Waals surface area contributed by atoms with Crippen LogP contribution in [0.4, 0.5) is 5.69 Å². The van der Waals surface area contributed by atoms with Gasteiger partial charge in [-0.05, 0) is 54.1 Å². The van der Waals surface area contributed by atoms with Gasteiger partial charge in [-0.25, -0.2) is 0 Å². The molecule has 0 bridgehead atoms. The number of nitriles is 1. The number of rotatable bonds is 6. The first-order valence-corrected chi connectivity index (χ1v) is 9.87. The fraction of sp³-hybridized carbons (Fsp3) is 0.0435. The number of nitrogens with one attached hydrogen (secondary N) is 1. The number of nitrogens with zero attached hydrogens (tertiary/aromatic N) is 1. The van der Waals surface area contributed by atoms with Crippen LogP contribution in [-0.2, 0) is 11.4 Å². The first-order valence-electron chi connectivity index (χ1n) is 8.70. The molecule has 3 rings (SSSR count). The van der Waals surface area contributed by atoms with E-state index >= 15 is 0 Å². The molecule has 3 aromatic carbocycles. The smallest absolute Gasteiger partial charge is 0.266 e. The van der Waals surface area contributed by atoms with E-state index in [1.807, 2.05) is 42.5 Å². The molecule has 0 atom stereocenters. The van der Waals surface area contributed by atoms with Crippen LogP contribution < -0.4 is 10.1 Å². The highest BCUT2D eigenvalue weighted by atomic mass is 79.9. The lowest BCUT2D eigenvalue weighted by Crippen LogP contribution is -2.13. The van der Waals surface area contributed by atoms with Crippen molar-refractivity contribution < 1.29 is 9.53 Å². The van der Waals surface area contributed by atoms with Crippen molar-refractivity contribution in [3.05, 3.63) is 99.0 Å². The Morgan fingerprint density at radius 2 is 1.76 bits per heavy atom. The van der Waals surface area contributed by atoms with Crippen LogP contribution >= 0.6 is 27.5 Å². The van der Waals surface area contributed by atoms with Gasteiger partial charge in [0.25, 0.3) is 5.91 Å². The van der Waals surface area contributed by atoms with Crippen LogP contribution in [-0.4, -0.2) is 5.91 Å². The monoisotopic (exact) mass is 466 g/mol. The minimum absolute atomic E-state index is 0.0117. The van der Waals surface area contributed by atoms with Gasteiger partial charge in [0.15, 0.2) is 0 Å². The van der Waals surface area contributed by atoms with Crippen LogP contribution in [0.3, 0.4) is 0 Å². The van der Waals surface area contributed by atoms with E-state index < -0.39 is 5.91 Å². The maximum Gasteiger partial charge on any atom is 0.266 e. The zero-order valence-electron chi connectivity index (χ0n) is 15.2. The molecular formula is C23H16BrClN2O2. The Morgan fingerprint density at radius 1 is 1.07 bits per heavy atom. The Labute approximate surface area is 182 Å². The minimum Gasteiger partial charge on any atom is -0.489 e. The molecule has 6 heteroatoms. The third kappa shape index (κ3) is 5.95. The van der Waals surface area contributed by atoms with Crippen LogP contribution in [0.15, 0.2) is 82.8 Å². The standard InChI is InChI=1S/C23H16BrClN2O2/c24-19-7-9-20(10-8-19)27-23(28)18(14-26)13-16-5-11-21(12-6-16)29-15-17-3-1-2-4-22(17)25/h1-13H,15H2,(H,27,28)/b18-13-. The average Bonchev–Trinajstić information content (AvgIpc) is 2.74. The summed E-state index contributed by atoms with van der Waals surface area (Å²) in [5.41, 5.74) is 2.24. The zero-order chi connectivity index (χ0) is 20.6. The molecule has 0 unspecified atom stereocenters. The predicted molar refractivity (Wildman–Crippen MR) is 119 cm³/mol. The van der Waals surface area contributed by atoms with E-state index in [0.29, 0.717) is 23.1 Å². The normalized spacial score (nSPS) is 10.9. The Hall–Kier alpha value is -3.07. The van der Waals surface area contributed by atoms with E-state index in [9.17, 15) is 10.1 Å². The highest BCUT2D eigenvalue weighted by molar-refractivity contribution is 9.10. The molecule has 1 amide bonds. The first kappa shape index (κ1) is 20.7. The molecule has 0 heterocycles. The van der Waals surface area contributed by atoms with Crippen LogP contribution in [0.5, 0.6) is 5.75 Å². The van der Waals surface area contributed by atoms with Gasteiger partial charge in [-0.15, -0.1) is 0 Å². The van der Waals surface area contributed by atoms with Crippen molar-refractivity contribution in [2.24, 2.45) is 0 Å². The molecule has 4 nitrogen and oxygen atoms in total. The molecule has 0 spiro atoms. The molecule has 0 aromatic heterocycles. The molecule has 144 valence electrons. The maximum atomic E-state index is 12.3. The number of benzene rings is 3. The van der Waals surface area contributed by atoms with Crippen LogP contribution in [0, 0.1) is 11.3 Å². The number of amides is 1. The van der Waals surface area contributed by atoms with Crippen molar-refractivity contribution in [3.63, 3.8) is 0 Å². The SMILES string of the molecule is N#C/C(=C/c1ccc(OCc2ccccc2Cl)cc1)C(=O)Nc1ccc(Br)cc1. The predicted octanol–water partition coefficient (Wildman–Crippen LogP) is 6.23. The topological polar surface area (TPSA) is 62.1 Å². The second kappa shape index (κ2) is 9.92. The Bertz CT molecular complexity index is 1070. The quantitative estimate of drug-likeness (QED) is 0.345. The van der Waals surface area contributed by atoms with E-state index in [4.69, 9.17) is 16.3 Å². The fourth-order valence-corrected chi connectivity index (χ4v) is 2.94. The molecule has 0 aliphatic heterocycles. The van der Waals surface area contributed by atoms with Gasteiger partial charge in [0.1, 0.15) is 24.0 Å². The second-order valence-electron chi connectivity index (χ2n) is 6.08. The van der Waals surface area contributed by atoms with Crippen molar-refractivity contribution >= 4 is 45.2 Å². The summed E-state index contributed by atoms with van der Waals surface area (Å²) in [6.07, 6.45) is 1.53. The molecule has 1 N–H and O–H groups in total. The summed E-state index contributed by atoms with van der Waals surface area (Å²) in [6.45, 7) is 0.355. The fourth-order valence-electron chi connectivity index (χ4n) is 2.48. The van der Waals surface area contributed by atoms with E-state index in [0.717, 1.165) is 15.6 Å². The number of anilines is 1. The van der Waals surface area contributed by atoms with Gasteiger partial charge in [0.05, 0.1) is 0 Å². The van der Waals surface area contributed by atoms with Gasteiger partial charge >= 0.3 is 0 Å². The van der Waals surface area contributed by atoms with Gasteiger partial charge in [0.2, 0.25) is 0 Å². The molecular weight excluding hydrogens is 452 g/mol. The third-order valence-electron chi connectivity index (χ3n) is 4.01. The molecule has 0 saturated heterocycles. The first-order chi connectivity index (χ1) is 14.0. The van der Waals surface area contributed by atoms with Gasteiger partial charge in [-0.2, -0.15) is 5.26 Å². The highest BCUT2D eigenvalue weighted by Gasteiger charge is 2.09. The van der Waals surface area contributed by atoms with E-state index in [-0.39, 0.29) is 5.57 Å². The number of carbonyl (C=O) groups excluding carboxylic acids is 1. The number of halogens is 2. The Balaban J connectivity index is 1.65. The van der Waals surface area contributed by atoms with Crippen molar-refractivity contribution in [2.75, 3.05) is 5.32 Å². The van der Waals surface area contributed by atoms with E-state index in [1.165, 1.54) is 6.08 Å². The number of carbonyl (C=O) groups is 1.